The Morgan fingerprint density at radius 3 is 2.35 bits per heavy atom. The number of hydrogen-bond acceptors (Lipinski definition) is 13. The van der Waals surface area contributed by atoms with Gasteiger partial charge in [-0.3, -0.25) is 0 Å². The minimum absolute atomic E-state index is 0.0203. The molecule has 0 spiro atoms. The van der Waals surface area contributed by atoms with Crippen molar-refractivity contribution in [3.63, 3.8) is 0 Å². The molecule has 0 aromatic heterocycles. The van der Waals surface area contributed by atoms with Crippen LogP contribution >= 0.6 is 32.8 Å². The van der Waals surface area contributed by atoms with Gasteiger partial charge in [0.15, 0.2) is 0 Å². The number of nitrogens with two attached hydrogens (primary N) is 1. The van der Waals surface area contributed by atoms with E-state index in [0.717, 1.165) is 10.6 Å². The Bertz CT molecular complexity index is 1430. The summed E-state index contributed by atoms with van der Waals surface area (Å²) in [7, 11) is 0. The van der Waals surface area contributed by atoms with Crippen molar-refractivity contribution in [2.45, 2.75) is 12.8 Å². The van der Waals surface area contributed by atoms with Gasteiger partial charge in [0.1, 0.15) is 22.8 Å². The Hall–Kier alpha value is -3.02. The number of carbonyl (C=O) groups is 2. The highest BCUT2D eigenvalue weighted by atomic mass is 33.7. The summed E-state index contributed by atoms with van der Waals surface area (Å²) in [5.74, 6) is -0.405. The maximum atomic E-state index is 12.5. The van der Waals surface area contributed by atoms with Gasteiger partial charge in [-0.05, 0) is 84.9 Å². The topological polar surface area (TPSA) is 160 Å². The third-order valence-electron chi connectivity index (χ3n) is 5.16. The van der Waals surface area contributed by atoms with Crippen LogP contribution in [0, 0.1) is 10.1 Å². The van der Waals surface area contributed by atoms with E-state index in [0.29, 0.717) is 12.8 Å². The lowest BCUT2D eigenvalue weighted by molar-refractivity contribution is -0.757. The molecule has 1 aliphatic heterocycles. The molecule has 40 heavy (non-hydrogen) atoms. The molecule has 3 aromatic rings. The predicted octanol–water partition coefficient (Wildman–Crippen LogP) is 5.75. The highest BCUT2D eigenvalue weighted by Gasteiger charge is 2.40. The number of aromatic hydroxyl groups is 1. The van der Waals surface area contributed by atoms with E-state index < -0.39 is 28.0 Å². The number of rotatable bonds is 11. The molecule has 210 valence electrons. The summed E-state index contributed by atoms with van der Waals surface area (Å²) in [5.41, 5.74) is 5.96. The fourth-order valence-electron chi connectivity index (χ4n) is 3.25. The molecule has 0 bridgehead atoms. The van der Waals surface area contributed by atoms with E-state index in [1.807, 2.05) is 24.3 Å². The van der Waals surface area contributed by atoms with Crippen molar-refractivity contribution in [1.29, 1.82) is 0 Å². The standard InChI is InChI=1S/C24H22N2O9P2S3/c25-16-3-12-22(21(15-16)23(28)32-13-1-2-14-33-26(30)31)35-24(29)34-18-6-8-19(9-7-18)36-39-37(38,40-36)20-10-4-17(27)5-11-20/h3-12,15,27H,1-2,13-14,25H2. The fourth-order valence-corrected chi connectivity index (χ4v) is 29.2. The summed E-state index contributed by atoms with van der Waals surface area (Å²) >= 11 is 9.42. The van der Waals surface area contributed by atoms with Gasteiger partial charge in [-0.15, -0.1) is 10.1 Å². The van der Waals surface area contributed by atoms with Crippen LogP contribution in [0.25, 0.3) is 0 Å². The van der Waals surface area contributed by atoms with Crippen molar-refractivity contribution in [3.8, 4) is 17.2 Å². The van der Waals surface area contributed by atoms with Crippen molar-refractivity contribution >= 4 is 73.0 Å². The molecule has 16 heteroatoms. The van der Waals surface area contributed by atoms with Gasteiger partial charge < -0.3 is 29.9 Å². The maximum Gasteiger partial charge on any atom is 0.519 e. The number of unbranched alkanes of at least 4 members (excludes halogenated alkanes) is 1. The lowest BCUT2D eigenvalue weighted by Gasteiger charge is -2.37. The van der Waals surface area contributed by atoms with Crippen LogP contribution in [0.2, 0.25) is 0 Å². The minimum atomic E-state index is -1.79. The fraction of sp³-hybridized carbons (Fsp3) is 0.167. The van der Waals surface area contributed by atoms with E-state index in [2.05, 4.69) is 4.84 Å². The molecule has 3 aromatic carbocycles. The Balaban J connectivity index is 1.29. The molecule has 11 nitrogen and oxygen atoms in total. The van der Waals surface area contributed by atoms with Gasteiger partial charge in [0, 0.05) is 11.0 Å². The third kappa shape index (κ3) is 8.02. The smallest absolute Gasteiger partial charge is 0.508 e. The van der Waals surface area contributed by atoms with Gasteiger partial charge in [-0.25, -0.2) is 9.59 Å². The van der Waals surface area contributed by atoms with E-state index in [1.54, 1.807) is 46.3 Å². The van der Waals surface area contributed by atoms with Crippen molar-refractivity contribution < 1.29 is 38.8 Å². The Morgan fingerprint density at radius 1 is 1.00 bits per heavy atom. The van der Waals surface area contributed by atoms with Crippen LogP contribution in [-0.2, 0) is 21.4 Å². The second-order valence-electron chi connectivity index (χ2n) is 8.04. The van der Waals surface area contributed by atoms with Gasteiger partial charge in [0.25, 0.3) is 5.09 Å². The number of phenolic OH excluding ortho intramolecular Hbond substituents is 1. The lowest BCUT2D eigenvalue weighted by Crippen LogP contribution is -2.17. The molecule has 1 fully saturated rings. The van der Waals surface area contributed by atoms with Gasteiger partial charge >= 0.3 is 12.1 Å². The summed E-state index contributed by atoms with van der Waals surface area (Å²) in [6, 6.07) is 18.2. The molecule has 3 N–H and O–H groups in total. The van der Waals surface area contributed by atoms with Crippen LogP contribution in [0.15, 0.2) is 66.7 Å². The summed E-state index contributed by atoms with van der Waals surface area (Å²) in [6.07, 6.45) is -0.971. The number of nitrogen functional groups attached to an aromatic ring is 1. The number of ether oxygens (including phenoxy) is 3. The first-order valence-corrected chi connectivity index (χ1v) is 19.8. The van der Waals surface area contributed by atoms with E-state index >= 15 is 0 Å². The van der Waals surface area contributed by atoms with Crippen LogP contribution in [0.1, 0.15) is 23.2 Å². The molecule has 0 aliphatic carbocycles. The lowest BCUT2D eigenvalue weighted by atomic mass is 10.2. The Morgan fingerprint density at radius 2 is 1.68 bits per heavy atom. The van der Waals surface area contributed by atoms with E-state index in [1.165, 1.54) is 18.2 Å². The first-order valence-electron chi connectivity index (χ1n) is 11.6. The summed E-state index contributed by atoms with van der Waals surface area (Å²) in [5, 5.41) is 20.9. The normalized spacial score (nSPS) is 17.8. The van der Waals surface area contributed by atoms with Crippen LogP contribution in [-0.4, -0.2) is 35.5 Å². The van der Waals surface area contributed by atoms with Crippen LogP contribution < -0.4 is 25.8 Å². The van der Waals surface area contributed by atoms with Crippen molar-refractivity contribution in [1.82, 2.24) is 0 Å². The summed E-state index contributed by atoms with van der Waals surface area (Å²) in [4.78, 5) is 39.3. The SMILES string of the molecule is Nc1ccc(OC(=O)Oc2ccc(P3SP(=S)(c4ccc(O)cc4)S3)cc2)c(C(=O)OCCCCO[N+](=O)[O-])c1. The highest BCUT2D eigenvalue weighted by molar-refractivity contribution is 9.43. The van der Waals surface area contributed by atoms with E-state index in [9.17, 15) is 24.8 Å². The number of anilines is 1. The quantitative estimate of drug-likeness (QED) is 0.0496. The average Bonchev–Trinajstić information content (AvgIpc) is 2.90. The van der Waals surface area contributed by atoms with Gasteiger partial charge in [-0.1, -0.05) is 33.8 Å². The van der Waals surface area contributed by atoms with Crippen LogP contribution in [0.4, 0.5) is 10.5 Å². The molecule has 1 heterocycles. The molecule has 0 atom stereocenters. The zero-order valence-electron chi connectivity index (χ0n) is 20.5. The molecular formula is C24H22N2O9P2S3. The second-order valence-corrected chi connectivity index (χ2v) is 24.7. The molecule has 4 rings (SSSR count). The molecule has 0 unspecified atom stereocenters. The molecule has 0 radical (unpaired) electrons. The number of hydrogen-bond donors (Lipinski definition) is 2. The summed E-state index contributed by atoms with van der Waals surface area (Å²) in [6.45, 7) is -0.132. The average molecular weight is 641 g/mol. The maximum absolute atomic E-state index is 12.5. The second kappa shape index (κ2) is 13.6. The number of phenols is 1. The highest BCUT2D eigenvalue weighted by Crippen LogP contribution is 2.99. The monoisotopic (exact) mass is 640 g/mol. The first kappa shape index (κ1) is 30.0. The van der Waals surface area contributed by atoms with Gasteiger partial charge in [0.05, 0.1) is 24.0 Å². The Labute approximate surface area is 242 Å². The largest absolute Gasteiger partial charge is 0.519 e. The zero-order valence-corrected chi connectivity index (χ0v) is 24.8. The van der Waals surface area contributed by atoms with Crippen molar-refractivity contribution in [2.24, 2.45) is 0 Å². The van der Waals surface area contributed by atoms with E-state index in [4.69, 9.17) is 31.8 Å². The first-order chi connectivity index (χ1) is 19.1. The van der Waals surface area contributed by atoms with Crippen molar-refractivity contribution in [3.05, 3.63) is 82.4 Å². The molecular weight excluding hydrogens is 618 g/mol. The van der Waals surface area contributed by atoms with Crippen molar-refractivity contribution in [2.75, 3.05) is 18.9 Å². The molecule has 0 amide bonds. The number of nitrogens with zero attached hydrogens (tertiary/aromatic N) is 1. The number of carbonyl (C=O) groups excluding carboxylic acids is 2. The molecule has 1 saturated heterocycles. The Kier molecular flexibility index (Phi) is 10.2. The molecule has 0 saturated carbocycles. The zero-order chi connectivity index (χ0) is 28.7. The van der Waals surface area contributed by atoms with Gasteiger partial charge in [-0.2, -0.15) is 0 Å². The number of benzene rings is 3. The van der Waals surface area contributed by atoms with Gasteiger partial charge in [0.2, 0.25) is 0 Å². The number of esters is 1. The van der Waals surface area contributed by atoms with E-state index in [-0.39, 0.29) is 41.7 Å². The van der Waals surface area contributed by atoms with Crippen LogP contribution in [0.5, 0.6) is 17.2 Å². The predicted molar refractivity (Wildman–Crippen MR) is 160 cm³/mol. The minimum Gasteiger partial charge on any atom is -0.508 e. The third-order valence-corrected chi connectivity index (χ3v) is 30.2. The summed E-state index contributed by atoms with van der Waals surface area (Å²) < 4.78 is 13.9. The van der Waals surface area contributed by atoms with Crippen LogP contribution in [0.3, 0.4) is 0 Å². The molecule has 1 aliphatic rings.